The van der Waals surface area contributed by atoms with E-state index in [2.05, 4.69) is 66.0 Å². The van der Waals surface area contributed by atoms with E-state index in [1.165, 1.54) is 49.9 Å². The molecule has 1 aliphatic rings. The standard InChI is InChI=1S/C20H25N/c1-3-7-18(8-4-1)20(19-9-5-2-6-10-19)12-11-17-13-15-21-16-14-17/h1-10,17,20-21H,11-16H2. The van der Waals surface area contributed by atoms with Gasteiger partial charge in [-0.2, -0.15) is 0 Å². The average molecular weight is 279 g/mol. The Morgan fingerprint density at radius 2 is 1.33 bits per heavy atom. The fourth-order valence-corrected chi connectivity index (χ4v) is 3.47. The lowest BCUT2D eigenvalue weighted by atomic mass is 9.83. The van der Waals surface area contributed by atoms with Crippen LogP contribution >= 0.6 is 0 Å². The van der Waals surface area contributed by atoms with Gasteiger partial charge in [0.25, 0.3) is 0 Å². The lowest BCUT2D eigenvalue weighted by Crippen LogP contribution is -2.27. The van der Waals surface area contributed by atoms with Crippen LogP contribution in [-0.4, -0.2) is 13.1 Å². The minimum absolute atomic E-state index is 0.544. The first kappa shape index (κ1) is 14.3. The van der Waals surface area contributed by atoms with Crippen molar-refractivity contribution in [2.45, 2.75) is 31.6 Å². The molecule has 1 nitrogen and oxygen atoms in total. The van der Waals surface area contributed by atoms with Gasteiger partial charge >= 0.3 is 0 Å². The number of piperidine rings is 1. The number of hydrogen-bond acceptors (Lipinski definition) is 1. The molecule has 2 aromatic carbocycles. The highest BCUT2D eigenvalue weighted by atomic mass is 14.9. The summed E-state index contributed by atoms with van der Waals surface area (Å²) in [5.74, 6) is 1.45. The maximum Gasteiger partial charge on any atom is 0.00894 e. The molecule has 0 radical (unpaired) electrons. The van der Waals surface area contributed by atoms with Crippen molar-refractivity contribution in [3.8, 4) is 0 Å². The first-order chi connectivity index (χ1) is 10.4. The van der Waals surface area contributed by atoms with Crippen molar-refractivity contribution < 1.29 is 0 Å². The van der Waals surface area contributed by atoms with Crippen LogP contribution in [0.25, 0.3) is 0 Å². The largest absolute Gasteiger partial charge is 0.317 e. The van der Waals surface area contributed by atoms with Crippen LogP contribution in [0.15, 0.2) is 60.7 Å². The molecule has 0 atom stereocenters. The molecule has 0 unspecified atom stereocenters. The Labute approximate surface area is 128 Å². The molecule has 21 heavy (non-hydrogen) atoms. The van der Waals surface area contributed by atoms with Crippen LogP contribution in [0.1, 0.15) is 42.7 Å². The molecular weight excluding hydrogens is 254 g/mol. The molecule has 1 heterocycles. The molecule has 110 valence electrons. The predicted octanol–water partition coefficient (Wildman–Crippen LogP) is 4.60. The van der Waals surface area contributed by atoms with Crippen molar-refractivity contribution in [2.75, 3.05) is 13.1 Å². The highest BCUT2D eigenvalue weighted by molar-refractivity contribution is 5.32. The Balaban J connectivity index is 1.73. The maximum absolute atomic E-state index is 3.47. The summed E-state index contributed by atoms with van der Waals surface area (Å²) in [5.41, 5.74) is 2.91. The van der Waals surface area contributed by atoms with Gasteiger partial charge in [0.1, 0.15) is 0 Å². The van der Waals surface area contributed by atoms with E-state index in [1.54, 1.807) is 0 Å². The normalized spacial score (nSPS) is 16.2. The van der Waals surface area contributed by atoms with Gasteiger partial charge in [0.05, 0.1) is 0 Å². The summed E-state index contributed by atoms with van der Waals surface area (Å²) in [7, 11) is 0. The van der Waals surface area contributed by atoms with E-state index in [1.807, 2.05) is 0 Å². The van der Waals surface area contributed by atoms with E-state index in [0.29, 0.717) is 5.92 Å². The minimum atomic E-state index is 0.544. The van der Waals surface area contributed by atoms with E-state index in [0.717, 1.165) is 5.92 Å². The molecule has 0 amide bonds. The number of nitrogens with one attached hydrogen (secondary N) is 1. The lowest BCUT2D eigenvalue weighted by Gasteiger charge is -2.25. The summed E-state index contributed by atoms with van der Waals surface area (Å²) in [6.45, 7) is 2.40. The van der Waals surface area contributed by atoms with Crippen LogP contribution in [0.3, 0.4) is 0 Å². The van der Waals surface area contributed by atoms with Gasteiger partial charge in [-0.25, -0.2) is 0 Å². The van der Waals surface area contributed by atoms with E-state index >= 15 is 0 Å². The third-order valence-electron chi connectivity index (χ3n) is 4.73. The van der Waals surface area contributed by atoms with Gasteiger partial charge < -0.3 is 5.32 Å². The van der Waals surface area contributed by atoms with Gasteiger partial charge in [0.2, 0.25) is 0 Å². The average Bonchev–Trinajstić information content (AvgIpc) is 2.58. The predicted molar refractivity (Wildman–Crippen MR) is 89.6 cm³/mol. The molecular formula is C20H25N. The van der Waals surface area contributed by atoms with Gasteiger partial charge in [0, 0.05) is 5.92 Å². The number of benzene rings is 2. The highest BCUT2D eigenvalue weighted by Crippen LogP contribution is 2.32. The molecule has 0 aromatic heterocycles. The van der Waals surface area contributed by atoms with Gasteiger partial charge in [-0.05, 0) is 55.8 Å². The third-order valence-corrected chi connectivity index (χ3v) is 4.73. The van der Waals surface area contributed by atoms with Crippen LogP contribution in [0.5, 0.6) is 0 Å². The topological polar surface area (TPSA) is 12.0 Å². The second-order valence-electron chi connectivity index (χ2n) is 6.14. The zero-order chi connectivity index (χ0) is 14.3. The second kappa shape index (κ2) is 7.42. The summed E-state index contributed by atoms with van der Waals surface area (Å²) < 4.78 is 0. The van der Waals surface area contributed by atoms with Crippen molar-refractivity contribution in [3.63, 3.8) is 0 Å². The van der Waals surface area contributed by atoms with Crippen LogP contribution in [0, 0.1) is 5.92 Å². The van der Waals surface area contributed by atoms with Crippen molar-refractivity contribution >= 4 is 0 Å². The SMILES string of the molecule is c1ccc(C(CCC2CCNCC2)c2ccccc2)cc1. The Hall–Kier alpha value is -1.60. The number of rotatable bonds is 5. The second-order valence-corrected chi connectivity index (χ2v) is 6.14. The highest BCUT2D eigenvalue weighted by Gasteiger charge is 2.18. The Bertz CT molecular complexity index is 475. The van der Waals surface area contributed by atoms with Crippen molar-refractivity contribution in [2.24, 2.45) is 5.92 Å². The molecule has 1 aliphatic heterocycles. The summed E-state index contributed by atoms with van der Waals surface area (Å²) in [6, 6.07) is 22.0. The monoisotopic (exact) mass is 279 g/mol. The van der Waals surface area contributed by atoms with E-state index in [4.69, 9.17) is 0 Å². The van der Waals surface area contributed by atoms with Crippen molar-refractivity contribution in [1.82, 2.24) is 5.32 Å². The quantitative estimate of drug-likeness (QED) is 0.843. The van der Waals surface area contributed by atoms with Crippen LogP contribution in [0.2, 0.25) is 0 Å². The Morgan fingerprint density at radius 3 is 1.86 bits per heavy atom. The molecule has 1 fully saturated rings. The molecule has 0 saturated carbocycles. The fraction of sp³-hybridized carbons (Fsp3) is 0.400. The van der Waals surface area contributed by atoms with Gasteiger partial charge in [0.15, 0.2) is 0 Å². The molecule has 1 saturated heterocycles. The Kier molecular flexibility index (Phi) is 5.07. The zero-order valence-electron chi connectivity index (χ0n) is 12.7. The smallest absolute Gasteiger partial charge is 0.00894 e. The molecule has 3 rings (SSSR count). The molecule has 1 N–H and O–H groups in total. The van der Waals surface area contributed by atoms with Crippen LogP contribution in [0.4, 0.5) is 0 Å². The van der Waals surface area contributed by atoms with Crippen molar-refractivity contribution in [1.29, 1.82) is 0 Å². The number of hydrogen-bond donors (Lipinski definition) is 1. The van der Waals surface area contributed by atoms with Gasteiger partial charge in [-0.1, -0.05) is 60.7 Å². The molecule has 2 aromatic rings. The molecule has 0 spiro atoms. The van der Waals surface area contributed by atoms with Crippen molar-refractivity contribution in [3.05, 3.63) is 71.8 Å². The van der Waals surface area contributed by atoms with Gasteiger partial charge in [-0.3, -0.25) is 0 Å². The summed E-state index contributed by atoms with van der Waals surface area (Å²) in [6.07, 6.45) is 5.29. The first-order valence-corrected chi connectivity index (χ1v) is 8.24. The van der Waals surface area contributed by atoms with E-state index < -0.39 is 0 Å². The summed E-state index contributed by atoms with van der Waals surface area (Å²) in [5, 5.41) is 3.47. The lowest BCUT2D eigenvalue weighted by molar-refractivity contribution is 0.342. The van der Waals surface area contributed by atoms with Crippen LogP contribution in [-0.2, 0) is 0 Å². The molecule has 0 bridgehead atoms. The zero-order valence-corrected chi connectivity index (χ0v) is 12.7. The van der Waals surface area contributed by atoms with E-state index in [9.17, 15) is 0 Å². The first-order valence-electron chi connectivity index (χ1n) is 8.24. The summed E-state index contributed by atoms with van der Waals surface area (Å²) >= 11 is 0. The van der Waals surface area contributed by atoms with Crippen LogP contribution < -0.4 is 5.32 Å². The fourth-order valence-electron chi connectivity index (χ4n) is 3.47. The molecule has 0 aliphatic carbocycles. The molecule has 1 heteroatoms. The third kappa shape index (κ3) is 3.95. The summed E-state index contributed by atoms with van der Waals surface area (Å²) in [4.78, 5) is 0. The van der Waals surface area contributed by atoms with E-state index in [-0.39, 0.29) is 0 Å². The Morgan fingerprint density at radius 1 is 0.810 bits per heavy atom. The maximum atomic E-state index is 3.47. The minimum Gasteiger partial charge on any atom is -0.317 e. The van der Waals surface area contributed by atoms with Gasteiger partial charge in [-0.15, -0.1) is 0 Å².